The third kappa shape index (κ3) is 6.64. The van der Waals surface area contributed by atoms with Crippen LogP contribution in [0, 0.1) is 0 Å². The van der Waals surface area contributed by atoms with Gasteiger partial charge in [0.1, 0.15) is 25.0 Å². The number of hydrogen-bond acceptors (Lipinski definition) is 12. The summed E-state index contributed by atoms with van der Waals surface area (Å²) in [5.41, 5.74) is 0.764. The van der Waals surface area contributed by atoms with E-state index in [0.717, 1.165) is 10.0 Å². The summed E-state index contributed by atoms with van der Waals surface area (Å²) in [7, 11) is 0. The van der Waals surface area contributed by atoms with Gasteiger partial charge in [-0.3, -0.25) is 0 Å². The van der Waals surface area contributed by atoms with Gasteiger partial charge in [0.15, 0.2) is 22.9 Å². The van der Waals surface area contributed by atoms with Gasteiger partial charge in [-0.25, -0.2) is 29.5 Å². The molecule has 10 nitrogen and oxygen atoms in total. The molecule has 210 valence electrons. The Balaban J connectivity index is 0.000000216. The third-order valence-electron chi connectivity index (χ3n) is 5.10. The van der Waals surface area contributed by atoms with Crippen molar-refractivity contribution < 1.29 is 29.3 Å². The van der Waals surface area contributed by atoms with Crippen molar-refractivity contribution >= 4 is 71.0 Å². The molecular formula is C26H31BrN4O6S2. The molecule has 0 fully saturated rings. The van der Waals surface area contributed by atoms with E-state index in [9.17, 15) is 19.8 Å². The van der Waals surface area contributed by atoms with Crippen LogP contribution in [0.4, 0.5) is 0 Å². The number of aromatic hydroxyl groups is 2. The largest absolute Gasteiger partial charge is 0.504 e. The molecule has 0 atom stereocenters. The fourth-order valence-electron chi connectivity index (χ4n) is 3.15. The van der Waals surface area contributed by atoms with E-state index >= 15 is 0 Å². The molecule has 0 radical (unpaired) electrons. The van der Waals surface area contributed by atoms with Crippen molar-refractivity contribution in [3.05, 3.63) is 32.2 Å². The van der Waals surface area contributed by atoms with Crippen LogP contribution in [0.15, 0.2) is 10.8 Å². The van der Waals surface area contributed by atoms with Gasteiger partial charge in [-0.05, 0) is 29.8 Å². The first-order chi connectivity index (χ1) is 18.1. The van der Waals surface area contributed by atoms with E-state index in [-0.39, 0.29) is 46.9 Å². The molecule has 4 aromatic rings. The predicted octanol–water partition coefficient (Wildman–Crippen LogP) is 6.50. The Labute approximate surface area is 242 Å². The summed E-state index contributed by atoms with van der Waals surface area (Å²) >= 11 is 6.02. The van der Waals surface area contributed by atoms with Crippen molar-refractivity contribution in [1.82, 2.24) is 19.9 Å². The molecule has 0 aliphatic heterocycles. The highest BCUT2D eigenvalue weighted by Gasteiger charge is 2.26. The number of carbonyl (C=O) groups excluding carboxylic acids is 2. The van der Waals surface area contributed by atoms with E-state index in [1.165, 1.54) is 28.9 Å². The second-order valence-electron chi connectivity index (χ2n) is 10.4. The van der Waals surface area contributed by atoms with E-state index in [4.69, 9.17) is 9.47 Å². The summed E-state index contributed by atoms with van der Waals surface area (Å²) in [5, 5.41) is 22.1. The van der Waals surface area contributed by atoms with Crippen molar-refractivity contribution in [3.8, 4) is 11.5 Å². The van der Waals surface area contributed by atoms with E-state index in [2.05, 4.69) is 35.9 Å². The lowest BCUT2D eigenvalue weighted by Crippen LogP contribution is -2.10. The molecule has 0 unspecified atom stereocenters. The number of carbonyl (C=O) groups is 2. The van der Waals surface area contributed by atoms with E-state index in [0.29, 0.717) is 25.0 Å². The summed E-state index contributed by atoms with van der Waals surface area (Å²) in [6, 6.07) is 0. The zero-order valence-corrected chi connectivity index (χ0v) is 26.2. The molecule has 4 heterocycles. The zero-order valence-electron chi connectivity index (χ0n) is 23.0. The van der Waals surface area contributed by atoms with Crippen LogP contribution in [0.1, 0.15) is 86.4 Å². The van der Waals surface area contributed by atoms with E-state index in [1.807, 2.05) is 41.5 Å². The lowest BCUT2D eigenvalue weighted by molar-refractivity contribution is 0.0506. The van der Waals surface area contributed by atoms with Crippen LogP contribution in [0.5, 0.6) is 11.5 Å². The monoisotopic (exact) mass is 638 g/mol. The summed E-state index contributed by atoms with van der Waals surface area (Å²) in [4.78, 5) is 40.4. The summed E-state index contributed by atoms with van der Waals surface area (Å²) < 4.78 is 11.3. The normalized spacial score (nSPS) is 11.8. The number of ether oxygens (including phenoxy) is 2. The number of esters is 2. The Bertz CT molecular complexity index is 1540. The molecule has 0 aliphatic carbocycles. The second-order valence-corrected chi connectivity index (χ2v) is 13.2. The number of aromatic nitrogens is 4. The number of thiazole rings is 2. The molecule has 0 aromatic carbocycles. The van der Waals surface area contributed by atoms with Crippen LogP contribution in [0.25, 0.3) is 20.4 Å². The molecule has 13 heteroatoms. The molecule has 2 N–H and O–H groups in total. The van der Waals surface area contributed by atoms with Crippen LogP contribution in [0.2, 0.25) is 0 Å². The Hall–Kier alpha value is -2.90. The smallest absolute Gasteiger partial charge is 0.360 e. The molecule has 39 heavy (non-hydrogen) atoms. The van der Waals surface area contributed by atoms with Crippen molar-refractivity contribution in [3.63, 3.8) is 0 Å². The second kappa shape index (κ2) is 11.7. The Morgan fingerprint density at radius 1 is 0.821 bits per heavy atom. The molecule has 0 bridgehead atoms. The van der Waals surface area contributed by atoms with Gasteiger partial charge >= 0.3 is 11.9 Å². The average molecular weight is 640 g/mol. The van der Waals surface area contributed by atoms with Crippen molar-refractivity contribution in [1.29, 1.82) is 0 Å². The first-order valence-corrected chi connectivity index (χ1v) is 14.5. The summed E-state index contributed by atoms with van der Waals surface area (Å²) in [5.74, 6) is -1.58. The minimum atomic E-state index is -0.640. The van der Waals surface area contributed by atoms with Gasteiger partial charge in [-0.2, -0.15) is 0 Å². The number of rotatable bonds is 4. The maximum atomic E-state index is 11.8. The highest BCUT2D eigenvalue weighted by molar-refractivity contribution is 9.10. The van der Waals surface area contributed by atoms with Gasteiger partial charge in [-0.1, -0.05) is 41.5 Å². The number of halogens is 1. The number of pyridine rings is 2. The predicted molar refractivity (Wildman–Crippen MR) is 155 cm³/mol. The van der Waals surface area contributed by atoms with Crippen molar-refractivity contribution in [2.75, 3.05) is 13.2 Å². The topological polar surface area (TPSA) is 145 Å². The third-order valence-corrected chi connectivity index (χ3v) is 8.65. The van der Waals surface area contributed by atoms with Gasteiger partial charge in [0, 0.05) is 10.8 Å². The minimum absolute atomic E-state index is 0.0570. The molecule has 0 saturated carbocycles. The van der Waals surface area contributed by atoms with Crippen molar-refractivity contribution in [2.24, 2.45) is 0 Å². The Kier molecular flexibility index (Phi) is 9.18. The fourth-order valence-corrected chi connectivity index (χ4v) is 5.85. The molecule has 0 aliphatic rings. The molecule has 0 saturated heterocycles. The molecule has 0 spiro atoms. The lowest BCUT2D eigenvalue weighted by atomic mass is 9.98. The quantitative estimate of drug-likeness (QED) is 0.187. The fraction of sp³-hybridized carbons (Fsp3) is 0.462. The van der Waals surface area contributed by atoms with Crippen molar-refractivity contribution in [2.45, 2.75) is 66.2 Å². The first kappa shape index (κ1) is 30.6. The SMILES string of the molecule is CCOC(=O)c1nc(Br)c2nc(C(C)(C)C)sc2c1O.CCOC(=O)c1ncc2nc(C(C)(C)C)sc2c1O. The minimum Gasteiger partial charge on any atom is -0.504 e. The maximum Gasteiger partial charge on any atom is 0.360 e. The summed E-state index contributed by atoms with van der Waals surface area (Å²) in [6.45, 7) is 16.1. The first-order valence-electron chi connectivity index (χ1n) is 12.1. The molecule has 0 amide bonds. The standard InChI is InChI=1S/C13H15BrN2O3S.C13H16N2O3S/c1-5-19-11(18)6-8(17)9-7(10(14)15-6)16-12(20-9)13(2,3)4;1-5-18-11(17)8-9(16)10-7(6-14-8)15-12(19-10)13(2,3)4/h17H,5H2,1-4H3;6,16H,5H2,1-4H3. The molecular weight excluding hydrogens is 608 g/mol. The zero-order chi connectivity index (χ0) is 29.3. The van der Waals surface area contributed by atoms with Gasteiger partial charge in [0.2, 0.25) is 0 Å². The van der Waals surface area contributed by atoms with Crippen LogP contribution in [0.3, 0.4) is 0 Å². The summed E-state index contributed by atoms with van der Waals surface area (Å²) in [6.07, 6.45) is 1.49. The highest BCUT2D eigenvalue weighted by atomic mass is 79.9. The molecule has 4 rings (SSSR count). The van der Waals surface area contributed by atoms with Crippen LogP contribution >= 0.6 is 38.6 Å². The Morgan fingerprint density at radius 3 is 1.85 bits per heavy atom. The highest BCUT2D eigenvalue weighted by Crippen LogP contribution is 2.40. The van der Waals surface area contributed by atoms with Gasteiger partial charge in [-0.15, -0.1) is 22.7 Å². The van der Waals surface area contributed by atoms with E-state index < -0.39 is 11.9 Å². The average Bonchev–Trinajstić information content (AvgIpc) is 3.48. The maximum absolute atomic E-state index is 11.8. The number of hydrogen-bond donors (Lipinski definition) is 2. The molecule has 4 aromatic heterocycles. The number of nitrogens with zero attached hydrogens (tertiary/aromatic N) is 4. The van der Waals surface area contributed by atoms with Gasteiger partial charge in [0.05, 0.1) is 29.4 Å². The van der Waals surface area contributed by atoms with Gasteiger partial charge < -0.3 is 19.7 Å². The Morgan fingerprint density at radius 2 is 1.31 bits per heavy atom. The van der Waals surface area contributed by atoms with Gasteiger partial charge in [0.25, 0.3) is 0 Å². The van der Waals surface area contributed by atoms with Crippen LogP contribution in [-0.2, 0) is 20.3 Å². The number of fused-ring (bicyclic) bond motifs is 2. The lowest BCUT2D eigenvalue weighted by Gasteiger charge is -2.13. The van der Waals surface area contributed by atoms with Crippen LogP contribution < -0.4 is 0 Å². The van der Waals surface area contributed by atoms with Crippen LogP contribution in [-0.4, -0.2) is 55.3 Å². The van der Waals surface area contributed by atoms with E-state index in [1.54, 1.807) is 13.8 Å².